The summed E-state index contributed by atoms with van der Waals surface area (Å²) < 4.78 is 3.89. The molecule has 0 spiro atoms. The fourth-order valence-corrected chi connectivity index (χ4v) is 3.31. The van der Waals surface area contributed by atoms with Crippen molar-refractivity contribution in [2.45, 2.75) is 59.0 Å². The van der Waals surface area contributed by atoms with Crippen molar-refractivity contribution in [3.8, 4) is 0 Å². The second-order valence-electron chi connectivity index (χ2n) is 6.05. The molecule has 6 heteroatoms. The number of aromatic nitrogens is 4. The molecule has 2 aromatic rings. The first-order chi connectivity index (χ1) is 10.7. The molecular formula is C16H25N5O. The van der Waals surface area contributed by atoms with Crippen molar-refractivity contribution in [3.63, 3.8) is 0 Å². The number of nitrogens with zero attached hydrogens (tertiary/aromatic N) is 5. The summed E-state index contributed by atoms with van der Waals surface area (Å²) in [6.45, 7) is 7.38. The predicted octanol–water partition coefficient (Wildman–Crippen LogP) is 2.35. The van der Waals surface area contributed by atoms with Crippen LogP contribution < -0.4 is 0 Å². The number of rotatable bonds is 4. The highest BCUT2D eigenvalue weighted by Crippen LogP contribution is 2.18. The molecule has 0 bridgehead atoms. The van der Waals surface area contributed by atoms with Gasteiger partial charge in [-0.1, -0.05) is 12.8 Å². The monoisotopic (exact) mass is 303 g/mol. The van der Waals surface area contributed by atoms with E-state index in [0.717, 1.165) is 49.2 Å². The summed E-state index contributed by atoms with van der Waals surface area (Å²) in [7, 11) is 0. The fraction of sp³-hybridized carbons (Fsp3) is 0.688. The number of hydrogen-bond acceptors (Lipinski definition) is 3. The molecule has 1 aliphatic rings. The van der Waals surface area contributed by atoms with Gasteiger partial charge >= 0.3 is 0 Å². The van der Waals surface area contributed by atoms with Crippen LogP contribution >= 0.6 is 0 Å². The number of fused-ring (bicyclic) bond motifs is 1. The molecule has 0 aliphatic carbocycles. The number of amides is 1. The first-order valence-corrected chi connectivity index (χ1v) is 8.37. The summed E-state index contributed by atoms with van der Waals surface area (Å²) in [5.74, 6) is 0.256. The quantitative estimate of drug-likeness (QED) is 0.871. The Morgan fingerprint density at radius 1 is 1.18 bits per heavy atom. The summed E-state index contributed by atoms with van der Waals surface area (Å²) in [4.78, 5) is 14.4. The van der Waals surface area contributed by atoms with Crippen LogP contribution in [0.2, 0.25) is 0 Å². The maximum absolute atomic E-state index is 12.4. The Hall–Kier alpha value is -1.85. The lowest BCUT2D eigenvalue weighted by Crippen LogP contribution is -2.32. The molecule has 0 saturated carbocycles. The van der Waals surface area contributed by atoms with E-state index >= 15 is 0 Å². The minimum atomic E-state index is 0.256. The molecule has 0 N–H and O–H groups in total. The average Bonchev–Trinajstić information content (AvgIpc) is 2.94. The zero-order valence-electron chi connectivity index (χ0n) is 13.6. The van der Waals surface area contributed by atoms with Crippen molar-refractivity contribution in [2.75, 3.05) is 13.1 Å². The third kappa shape index (κ3) is 2.87. The van der Waals surface area contributed by atoms with Crippen LogP contribution in [0.4, 0.5) is 0 Å². The normalized spacial score (nSPS) is 16.2. The van der Waals surface area contributed by atoms with E-state index in [1.165, 1.54) is 12.8 Å². The fourth-order valence-electron chi connectivity index (χ4n) is 3.31. The van der Waals surface area contributed by atoms with E-state index in [-0.39, 0.29) is 5.91 Å². The van der Waals surface area contributed by atoms with Crippen LogP contribution in [-0.2, 0) is 17.9 Å². The molecule has 0 unspecified atom stereocenters. The van der Waals surface area contributed by atoms with E-state index in [1.54, 1.807) is 0 Å². The Morgan fingerprint density at radius 2 is 1.91 bits per heavy atom. The molecule has 1 fully saturated rings. The van der Waals surface area contributed by atoms with E-state index in [4.69, 9.17) is 0 Å². The number of carbonyl (C=O) groups excluding carboxylic acids is 1. The number of likely N-dealkylation sites (tertiary alicyclic amines) is 1. The molecule has 3 rings (SSSR count). The molecule has 2 aromatic heterocycles. The van der Waals surface area contributed by atoms with Gasteiger partial charge in [0.25, 0.3) is 0 Å². The zero-order valence-corrected chi connectivity index (χ0v) is 13.6. The van der Waals surface area contributed by atoms with Gasteiger partial charge < -0.3 is 4.90 Å². The summed E-state index contributed by atoms with van der Waals surface area (Å²) in [6.07, 6.45) is 7.15. The molecule has 3 heterocycles. The smallest absolute Gasteiger partial charge is 0.224 e. The van der Waals surface area contributed by atoms with Crippen molar-refractivity contribution in [3.05, 3.63) is 11.9 Å². The Balaban J connectivity index is 1.68. The van der Waals surface area contributed by atoms with Crippen LogP contribution in [-0.4, -0.2) is 43.5 Å². The van der Waals surface area contributed by atoms with Crippen LogP contribution in [0, 0.1) is 6.92 Å². The van der Waals surface area contributed by atoms with Gasteiger partial charge in [-0.15, -0.1) is 0 Å². The number of aryl methyl sites for hydroxylation is 3. The van der Waals surface area contributed by atoms with Crippen LogP contribution in [0.15, 0.2) is 6.20 Å². The van der Waals surface area contributed by atoms with Crippen molar-refractivity contribution in [1.29, 1.82) is 0 Å². The minimum absolute atomic E-state index is 0.256. The van der Waals surface area contributed by atoms with Gasteiger partial charge in [-0.25, -0.2) is 0 Å². The van der Waals surface area contributed by atoms with Gasteiger partial charge in [0.1, 0.15) is 11.0 Å². The van der Waals surface area contributed by atoms with E-state index in [9.17, 15) is 4.79 Å². The van der Waals surface area contributed by atoms with Gasteiger partial charge in [-0.05, 0) is 26.7 Å². The van der Waals surface area contributed by atoms with Gasteiger partial charge in [-0.2, -0.15) is 10.2 Å². The zero-order chi connectivity index (χ0) is 15.5. The van der Waals surface area contributed by atoms with Crippen molar-refractivity contribution >= 4 is 16.9 Å². The molecule has 1 saturated heterocycles. The standard InChI is InChI=1S/C16H25N5O/c1-3-20-14-12-17-21(16(14)13(2)18-20)11-8-15(22)19-9-6-4-5-7-10-19/h12H,3-11H2,1-2H3. The molecule has 120 valence electrons. The van der Waals surface area contributed by atoms with Gasteiger partial charge in [0.2, 0.25) is 5.91 Å². The maximum atomic E-state index is 12.4. The molecule has 22 heavy (non-hydrogen) atoms. The van der Waals surface area contributed by atoms with Crippen molar-refractivity contribution in [1.82, 2.24) is 24.5 Å². The average molecular weight is 303 g/mol. The van der Waals surface area contributed by atoms with E-state index in [1.807, 2.05) is 27.4 Å². The third-order valence-electron chi connectivity index (χ3n) is 4.51. The van der Waals surface area contributed by atoms with E-state index in [0.29, 0.717) is 13.0 Å². The summed E-state index contributed by atoms with van der Waals surface area (Å²) >= 11 is 0. The van der Waals surface area contributed by atoms with Gasteiger partial charge in [0, 0.05) is 26.1 Å². The predicted molar refractivity (Wildman–Crippen MR) is 85.6 cm³/mol. The van der Waals surface area contributed by atoms with Gasteiger partial charge in [-0.3, -0.25) is 14.2 Å². The Kier molecular flexibility index (Phi) is 4.45. The Bertz CT molecular complexity index is 649. The topological polar surface area (TPSA) is 56.0 Å². The Morgan fingerprint density at radius 3 is 2.59 bits per heavy atom. The minimum Gasteiger partial charge on any atom is -0.343 e. The summed E-state index contributed by atoms with van der Waals surface area (Å²) in [6, 6.07) is 0. The summed E-state index contributed by atoms with van der Waals surface area (Å²) in [5, 5.41) is 8.96. The van der Waals surface area contributed by atoms with Gasteiger partial charge in [0.15, 0.2) is 0 Å². The molecule has 0 aromatic carbocycles. The Labute approximate surface area is 131 Å². The first-order valence-electron chi connectivity index (χ1n) is 8.37. The van der Waals surface area contributed by atoms with Crippen LogP contribution in [0.3, 0.4) is 0 Å². The highest BCUT2D eigenvalue weighted by molar-refractivity contribution is 5.79. The third-order valence-corrected chi connectivity index (χ3v) is 4.51. The van der Waals surface area contributed by atoms with Crippen LogP contribution in [0.25, 0.3) is 11.0 Å². The molecule has 1 aliphatic heterocycles. The lowest BCUT2D eigenvalue weighted by atomic mass is 10.2. The van der Waals surface area contributed by atoms with Crippen molar-refractivity contribution < 1.29 is 4.79 Å². The second-order valence-corrected chi connectivity index (χ2v) is 6.05. The van der Waals surface area contributed by atoms with E-state index in [2.05, 4.69) is 17.1 Å². The second kappa shape index (κ2) is 6.50. The van der Waals surface area contributed by atoms with E-state index < -0.39 is 0 Å². The van der Waals surface area contributed by atoms with Crippen molar-refractivity contribution in [2.24, 2.45) is 0 Å². The van der Waals surface area contributed by atoms with Crippen LogP contribution in [0.5, 0.6) is 0 Å². The molecule has 6 nitrogen and oxygen atoms in total. The van der Waals surface area contributed by atoms with Crippen LogP contribution in [0.1, 0.15) is 44.7 Å². The summed E-state index contributed by atoms with van der Waals surface area (Å²) in [5.41, 5.74) is 3.10. The highest BCUT2D eigenvalue weighted by Gasteiger charge is 2.17. The molecule has 1 amide bonds. The molecular weight excluding hydrogens is 278 g/mol. The maximum Gasteiger partial charge on any atom is 0.224 e. The number of hydrogen-bond donors (Lipinski definition) is 0. The number of carbonyl (C=O) groups is 1. The largest absolute Gasteiger partial charge is 0.343 e. The first kappa shape index (κ1) is 15.1. The highest BCUT2D eigenvalue weighted by atomic mass is 16.2. The lowest BCUT2D eigenvalue weighted by Gasteiger charge is -2.20. The molecule has 0 atom stereocenters. The molecule has 0 radical (unpaired) electrons. The SMILES string of the molecule is CCn1nc(C)c2c1cnn2CCC(=O)N1CCCCCC1. The van der Waals surface area contributed by atoms with Gasteiger partial charge in [0.05, 0.1) is 18.4 Å². The lowest BCUT2D eigenvalue weighted by molar-refractivity contribution is -0.131.